The van der Waals surface area contributed by atoms with E-state index in [-0.39, 0.29) is 17.8 Å². The Morgan fingerprint density at radius 1 is 1.67 bits per heavy atom. The standard InChI is InChI=1S/C8H17NO2S/c1-7(6-10)12-5-3-4-8(11)9-2/h7,10H,3-6H2,1-2H3,(H,9,11). The largest absolute Gasteiger partial charge is 0.395 e. The Balaban J connectivity index is 3.15. The molecular formula is C8H17NO2S. The number of hydrogen-bond acceptors (Lipinski definition) is 3. The van der Waals surface area contributed by atoms with Crippen molar-refractivity contribution in [2.45, 2.75) is 25.0 Å². The zero-order chi connectivity index (χ0) is 9.40. The van der Waals surface area contributed by atoms with Crippen molar-refractivity contribution < 1.29 is 9.90 Å². The van der Waals surface area contributed by atoms with Crippen LogP contribution in [-0.2, 0) is 4.79 Å². The molecule has 0 aromatic heterocycles. The number of amides is 1. The quantitative estimate of drug-likeness (QED) is 0.605. The number of carbonyl (C=O) groups excluding carboxylic acids is 1. The second kappa shape index (κ2) is 7.43. The molecule has 1 amide bonds. The van der Waals surface area contributed by atoms with Gasteiger partial charge in [0.2, 0.25) is 5.91 Å². The van der Waals surface area contributed by atoms with Gasteiger partial charge in [-0.1, -0.05) is 6.92 Å². The molecule has 0 fully saturated rings. The van der Waals surface area contributed by atoms with E-state index in [1.54, 1.807) is 18.8 Å². The van der Waals surface area contributed by atoms with Crippen LogP contribution in [0.3, 0.4) is 0 Å². The van der Waals surface area contributed by atoms with Crippen LogP contribution in [0.25, 0.3) is 0 Å². The highest BCUT2D eigenvalue weighted by Gasteiger charge is 2.01. The van der Waals surface area contributed by atoms with Gasteiger partial charge in [-0.2, -0.15) is 11.8 Å². The molecule has 0 radical (unpaired) electrons. The molecule has 0 saturated heterocycles. The van der Waals surface area contributed by atoms with Crippen molar-refractivity contribution in [2.75, 3.05) is 19.4 Å². The topological polar surface area (TPSA) is 49.3 Å². The van der Waals surface area contributed by atoms with Crippen LogP contribution in [0.15, 0.2) is 0 Å². The summed E-state index contributed by atoms with van der Waals surface area (Å²) in [6.07, 6.45) is 1.47. The third-order valence-electron chi connectivity index (χ3n) is 1.49. The Bertz CT molecular complexity index is 130. The Labute approximate surface area is 77.9 Å². The van der Waals surface area contributed by atoms with Crippen LogP contribution >= 0.6 is 11.8 Å². The molecule has 0 bridgehead atoms. The van der Waals surface area contributed by atoms with Gasteiger partial charge in [0, 0.05) is 18.7 Å². The minimum absolute atomic E-state index is 0.0900. The maximum atomic E-state index is 10.8. The SMILES string of the molecule is CNC(=O)CCCSC(C)CO. The first-order valence-corrected chi connectivity index (χ1v) is 5.18. The van der Waals surface area contributed by atoms with Crippen LogP contribution < -0.4 is 5.32 Å². The van der Waals surface area contributed by atoms with Crippen LogP contribution in [0, 0.1) is 0 Å². The van der Waals surface area contributed by atoms with Gasteiger partial charge in [-0.15, -0.1) is 0 Å². The molecule has 2 N–H and O–H groups in total. The Morgan fingerprint density at radius 3 is 2.83 bits per heavy atom. The Kier molecular flexibility index (Phi) is 7.29. The van der Waals surface area contributed by atoms with Crippen LogP contribution in [0.4, 0.5) is 0 Å². The minimum Gasteiger partial charge on any atom is -0.395 e. The summed E-state index contributed by atoms with van der Waals surface area (Å²) in [6, 6.07) is 0. The van der Waals surface area contributed by atoms with Crippen molar-refractivity contribution in [3.63, 3.8) is 0 Å². The van der Waals surface area contributed by atoms with Crippen molar-refractivity contribution in [2.24, 2.45) is 0 Å². The first-order chi connectivity index (χ1) is 5.70. The zero-order valence-corrected chi connectivity index (χ0v) is 8.49. The highest BCUT2D eigenvalue weighted by atomic mass is 32.2. The lowest BCUT2D eigenvalue weighted by molar-refractivity contribution is -0.120. The average Bonchev–Trinajstić information content (AvgIpc) is 2.11. The van der Waals surface area contributed by atoms with E-state index in [0.717, 1.165) is 12.2 Å². The van der Waals surface area contributed by atoms with Crippen molar-refractivity contribution in [3.8, 4) is 0 Å². The second-order valence-corrected chi connectivity index (χ2v) is 4.19. The third-order valence-corrected chi connectivity index (χ3v) is 2.73. The summed E-state index contributed by atoms with van der Waals surface area (Å²) in [5.41, 5.74) is 0. The van der Waals surface area contributed by atoms with E-state index in [1.165, 1.54) is 0 Å². The number of carbonyl (C=O) groups is 1. The molecule has 0 aromatic carbocycles. The van der Waals surface area contributed by atoms with E-state index in [0.29, 0.717) is 6.42 Å². The molecule has 0 spiro atoms. The highest BCUT2D eigenvalue weighted by Crippen LogP contribution is 2.11. The van der Waals surface area contributed by atoms with Gasteiger partial charge < -0.3 is 10.4 Å². The molecule has 3 nitrogen and oxygen atoms in total. The smallest absolute Gasteiger partial charge is 0.219 e. The van der Waals surface area contributed by atoms with Gasteiger partial charge in [-0.25, -0.2) is 0 Å². The fraction of sp³-hybridized carbons (Fsp3) is 0.875. The third kappa shape index (κ3) is 6.49. The maximum absolute atomic E-state index is 10.8. The maximum Gasteiger partial charge on any atom is 0.219 e. The number of aliphatic hydroxyl groups is 1. The molecule has 0 saturated carbocycles. The van der Waals surface area contributed by atoms with E-state index in [4.69, 9.17) is 5.11 Å². The molecular weight excluding hydrogens is 174 g/mol. The Hall–Kier alpha value is -0.220. The lowest BCUT2D eigenvalue weighted by Crippen LogP contribution is -2.17. The molecule has 12 heavy (non-hydrogen) atoms. The van der Waals surface area contributed by atoms with Crippen LogP contribution in [0.1, 0.15) is 19.8 Å². The zero-order valence-electron chi connectivity index (χ0n) is 7.67. The van der Waals surface area contributed by atoms with Gasteiger partial charge >= 0.3 is 0 Å². The summed E-state index contributed by atoms with van der Waals surface area (Å²) in [6.45, 7) is 2.19. The lowest BCUT2D eigenvalue weighted by atomic mass is 10.3. The molecule has 1 unspecified atom stereocenters. The average molecular weight is 191 g/mol. The fourth-order valence-electron chi connectivity index (χ4n) is 0.695. The lowest BCUT2D eigenvalue weighted by Gasteiger charge is -2.06. The summed E-state index contributed by atoms with van der Waals surface area (Å²) in [7, 11) is 1.64. The second-order valence-electron chi connectivity index (χ2n) is 2.64. The molecule has 0 heterocycles. The van der Waals surface area contributed by atoms with E-state index >= 15 is 0 Å². The van der Waals surface area contributed by atoms with Crippen molar-refractivity contribution in [1.82, 2.24) is 5.32 Å². The number of hydrogen-bond donors (Lipinski definition) is 2. The van der Waals surface area contributed by atoms with Crippen LogP contribution in [0.5, 0.6) is 0 Å². The molecule has 1 atom stereocenters. The summed E-state index contributed by atoms with van der Waals surface area (Å²) < 4.78 is 0. The van der Waals surface area contributed by atoms with Gasteiger partial charge in [0.15, 0.2) is 0 Å². The number of aliphatic hydroxyl groups excluding tert-OH is 1. The first kappa shape index (κ1) is 11.8. The first-order valence-electron chi connectivity index (χ1n) is 4.13. The van der Waals surface area contributed by atoms with Crippen molar-refractivity contribution >= 4 is 17.7 Å². The fourth-order valence-corrected chi connectivity index (χ4v) is 1.51. The van der Waals surface area contributed by atoms with E-state index < -0.39 is 0 Å². The van der Waals surface area contributed by atoms with Crippen LogP contribution in [-0.4, -0.2) is 35.7 Å². The van der Waals surface area contributed by atoms with Gasteiger partial charge in [0.1, 0.15) is 0 Å². The normalized spacial score (nSPS) is 12.6. The highest BCUT2D eigenvalue weighted by molar-refractivity contribution is 7.99. The molecule has 4 heteroatoms. The summed E-state index contributed by atoms with van der Waals surface area (Å²) in [4.78, 5) is 10.8. The molecule has 0 rings (SSSR count). The van der Waals surface area contributed by atoms with Crippen molar-refractivity contribution in [3.05, 3.63) is 0 Å². The van der Waals surface area contributed by atoms with E-state index in [1.807, 2.05) is 6.92 Å². The molecule has 0 aromatic rings. The summed E-state index contributed by atoms with van der Waals surface area (Å²) in [5, 5.41) is 11.5. The van der Waals surface area contributed by atoms with Gasteiger partial charge in [0.25, 0.3) is 0 Å². The molecule has 72 valence electrons. The predicted octanol–water partition coefficient (Wildman–Crippen LogP) is 0.627. The van der Waals surface area contributed by atoms with E-state index in [2.05, 4.69) is 5.32 Å². The number of nitrogens with one attached hydrogen (secondary N) is 1. The van der Waals surface area contributed by atoms with Crippen molar-refractivity contribution in [1.29, 1.82) is 0 Å². The van der Waals surface area contributed by atoms with Gasteiger partial charge in [-0.05, 0) is 12.2 Å². The number of thioether (sulfide) groups is 1. The summed E-state index contributed by atoms with van der Waals surface area (Å²) >= 11 is 1.70. The predicted molar refractivity (Wildman–Crippen MR) is 52.3 cm³/mol. The Morgan fingerprint density at radius 2 is 2.33 bits per heavy atom. The van der Waals surface area contributed by atoms with Gasteiger partial charge in [0.05, 0.1) is 6.61 Å². The van der Waals surface area contributed by atoms with Gasteiger partial charge in [-0.3, -0.25) is 4.79 Å². The monoisotopic (exact) mass is 191 g/mol. The molecule has 0 aliphatic rings. The summed E-state index contributed by atoms with van der Waals surface area (Å²) in [5.74, 6) is 1.03. The van der Waals surface area contributed by atoms with Crippen LogP contribution in [0.2, 0.25) is 0 Å². The van der Waals surface area contributed by atoms with E-state index in [9.17, 15) is 4.79 Å². The molecule has 0 aliphatic heterocycles. The number of rotatable bonds is 6. The molecule has 0 aliphatic carbocycles. The minimum atomic E-state index is 0.0900.